The van der Waals surface area contributed by atoms with Crippen molar-refractivity contribution in [2.75, 3.05) is 5.23 Å². The fraction of sp³-hybridized carbons (Fsp3) is 0.385. The molecule has 0 heterocycles. The van der Waals surface area contributed by atoms with E-state index in [1.54, 1.807) is 19.9 Å². The van der Waals surface area contributed by atoms with Crippen LogP contribution in [0.2, 0.25) is 0 Å². The first-order valence-electron chi connectivity index (χ1n) is 6.07. The van der Waals surface area contributed by atoms with Crippen LogP contribution >= 0.6 is 0 Å². The van der Waals surface area contributed by atoms with Crippen LogP contribution in [0.5, 0.6) is 0 Å². The van der Waals surface area contributed by atoms with Crippen molar-refractivity contribution in [3.8, 4) is 0 Å². The lowest BCUT2D eigenvalue weighted by molar-refractivity contribution is -0.125. The van der Waals surface area contributed by atoms with Crippen molar-refractivity contribution in [2.45, 2.75) is 26.3 Å². The molecule has 0 aliphatic heterocycles. The first kappa shape index (κ1) is 15.9. The normalized spacial score (nSPS) is 13.7. The number of carbonyl (C=O) groups is 2. The van der Waals surface area contributed by atoms with Gasteiger partial charge in [-0.25, -0.2) is 0 Å². The van der Waals surface area contributed by atoms with Crippen LogP contribution in [0.4, 0.5) is 5.69 Å². The Morgan fingerprint density at radius 2 is 1.95 bits per heavy atom. The number of primary amides is 1. The summed E-state index contributed by atoms with van der Waals surface area (Å²) in [5.74, 6) is -1.58. The van der Waals surface area contributed by atoms with Gasteiger partial charge >= 0.3 is 0 Å². The van der Waals surface area contributed by atoms with Crippen LogP contribution in [0.15, 0.2) is 24.3 Å². The topological polar surface area (TPSA) is 119 Å². The molecule has 110 valence electrons. The third kappa shape index (κ3) is 3.06. The molecule has 1 rings (SSSR count). The zero-order chi connectivity index (χ0) is 15.5. The molecule has 0 saturated carbocycles. The summed E-state index contributed by atoms with van der Waals surface area (Å²) in [7, 11) is 0. The summed E-state index contributed by atoms with van der Waals surface area (Å²) < 4.78 is 0. The molecule has 1 aromatic rings. The highest BCUT2D eigenvalue weighted by Crippen LogP contribution is 2.21. The fourth-order valence-corrected chi connectivity index (χ4v) is 1.63. The van der Waals surface area contributed by atoms with Gasteiger partial charge in [-0.2, -0.15) is 0 Å². The molecule has 0 aromatic heterocycles. The van der Waals surface area contributed by atoms with Gasteiger partial charge in [0.1, 0.15) is 5.54 Å². The van der Waals surface area contributed by atoms with E-state index in [1.165, 1.54) is 25.1 Å². The Morgan fingerprint density at radius 1 is 1.40 bits per heavy atom. The van der Waals surface area contributed by atoms with Crippen molar-refractivity contribution in [3.05, 3.63) is 35.0 Å². The average molecular weight is 280 g/mol. The number of hydrogen-bond donors (Lipinski definition) is 3. The smallest absolute Gasteiger partial charge is 0.254 e. The second-order valence-corrected chi connectivity index (χ2v) is 4.97. The molecule has 2 amide bonds. The van der Waals surface area contributed by atoms with E-state index < -0.39 is 22.6 Å². The molecule has 1 aromatic carbocycles. The van der Waals surface area contributed by atoms with E-state index in [4.69, 9.17) is 10.9 Å². The SMILES string of the molecule is CC(C)[C@@](C)(NC(=O)c1ccccc1N([O-])O)C(N)=O. The van der Waals surface area contributed by atoms with E-state index >= 15 is 0 Å². The third-order valence-corrected chi connectivity index (χ3v) is 3.39. The van der Waals surface area contributed by atoms with Gasteiger partial charge in [-0.05, 0) is 25.0 Å². The summed E-state index contributed by atoms with van der Waals surface area (Å²) >= 11 is 0. The molecule has 4 N–H and O–H groups in total. The molecule has 7 heteroatoms. The number of para-hydroxylation sites is 1. The predicted octanol–water partition coefficient (Wildman–Crippen LogP) is 1.01. The minimum atomic E-state index is -1.26. The molecule has 0 bridgehead atoms. The summed E-state index contributed by atoms with van der Waals surface area (Å²) in [6, 6.07) is 5.70. The van der Waals surface area contributed by atoms with Gasteiger partial charge in [0.2, 0.25) is 5.91 Å². The minimum absolute atomic E-state index is 0.0434. The van der Waals surface area contributed by atoms with Gasteiger partial charge < -0.3 is 21.5 Å². The number of carbonyl (C=O) groups excluding carboxylic acids is 2. The molecule has 0 radical (unpaired) electrons. The average Bonchev–Trinajstić information content (AvgIpc) is 2.37. The summed E-state index contributed by atoms with van der Waals surface area (Å²) in [5, 5.41) is 22.1. The second-order valence-electron chi connectivity index (χ2n) is 4.97. The molecule has 0 saturated heterocycles. The summed E-state index contributed by atoms with van der Waals surface area (Å²) in [6.07, 6.45) is 0. The van der Waals surface area contributed by atoms with Crippen LogP contribution in [0.1, 0.15) is 31.1 Å². The Labute approximate surface area is 116 Å². The molecule has 7 nitrogen and oxygen atoms in total. The summed E-state index contributed by atoms with van der Waals surface area (Å²) in [5.41, 5.74) is 3.81. The van der Waals surface area contributed by atoms with Gasteiger partial charge in [0.25, 0.3) is 5.91 Å². The lowest BCUT2D eigenvalue weighted by atomic mass is 9.87. The van der Waals surface area contributed by atoms with Crippen LogP contribution in [0.3, 0.4) is 0 Å². The van der Waals surface area contributed by atoms with Gasteiger partial charge in [0, 0.05) is 0 Å². The van der Waals surface area contributed by atoms with Crippen molar-refractivity contribution in [1.29, 1.82) is 0 Å². The Hall–Kier alpha value is -2.12. The number of rotatable bonds is 5. The van der Waals surface area contributed by atoms with Crippen molar-refractivity contribution in [1.82, 2.24) is 5.32 Å². The molecular formula is C13H18N3O4-. The minimum Gasteiger partial charge on any atom is -0.733 e. The van der Waals surface area contributed by atoms with Crippen molar-refractivity contribution < 1.29 is 14.8 Å². The molecule has 0 unspecified atom stereocenters. The first-order chi connectivity index (χ1) is 9.20. The number of amides is 2. The molecule has 0 aliphatic rings. The number of nitrogens with two attached hydrogens (primary N) is 1. The highest BCUT2D eigenvalue weighted by atomic mass is 16.8. The van der Waals surface area contributed by atoms with Crippen molar-refractivity contribution >= 4 is 17.5 Å². The maximum absolute atomic E-state index is 12.2. The van der Waals surface area contributed by atoms with Gasteiger partial charge in [-0.3, -0.25) is 14.8 Å². The zero-order valence-corrected chi connectivity index (χ0v) is 11.6. The fourth-order valence-electron chi connectivity index (χ4n) is 1.63. The second kappa shape index (κ2) is 5.89. The lowest BCUT2D eigenvalue weighted by Gasteiger charge is -2.32. The highest BCUT2D eigenvalue weighted by Gasteiger charge is 2.36. The molecule has 1 atom stereocenters. The Balaban J connectivity index is 3.11. The number of nitrogens with zero attached hydrogens (tertiary/aromatic N) is 1. The third-order valence-electron chi connectivity index (χ3n) is 3.39. The highest BCUT2D eigenvalue weighted by molar-refractivity contribution is 6.02. The Bertz CT molecular complexity index is 516. The predicted molar refractivity (Wildman–Crippen MR) is 74.0 cm³/mol. The van der Waals surface area contributed by atoms with Gasteiger partial charge in [0.05, 0.1) is 11.3 Å². The van der Waals surface area contributed by atoms with Crippen LogP contribution in [0, 0.1) is 11.1 Å². The first-order valence-corrected chi connectivity index (χ1v) is 6.07. The molecule has 20 heavy (non-hydrogen) atoms. The largest absolute Gasteiger partial charge is 0.733 e. The van der Waals surface area contributed by atoms with E-state index in [9.17, 15) is 14.8 Å². The maximum Gasteiger partial charge on any atom is 0.254 e. The quantitative estimate of drug-likeness (QED) is 0.695. The number of benzene rings is 1. The van der Waals surface area contributed by atoms with Gasteiger partial charge in [0.15, 0.2) is 0 Å². The molecule has 0 fully saturated rings. The maximum atomic E-state index is 12.2. The van der Waals surface area contributed by atoms with Crippen LogP contribution in [-0.4, -0.2) is 22.6 Å². The monoisotopic (exact) mass is 280 g/mol. The number of hydrogen-bond acceptors (Lipinski definition) is 5. The van der Waals surface area contributed by atoms with Crippen LogP contribution in [0.25, 0.3) is 0 Å². The van der Waals surface area contributed by atoms with Gasteiger partial charge in [-0.15, -0.1) is 0 Å². The Morgan fingerprint density at radius 3 is 2.40 bits per heavy atom. The Kier molecular flexibility index (Phi) is 4.69. The summed E-state index contributed by atoms with van der Waals surface area (Å²) in [4.78, 5) is 23.7. The molecule has 0 spiro atoms. The van der Waals surface area contributed by atoms with Gasteiger partial charge in [-0.1, -0.05) is 26.0 Å². The van der Waals surface area contributed by atoms with E-state index in [2.05, 4.69) is 5.32 Å². The standard InChI is InChI=1S/C13H18N3O4/c1-8(2)13(3,12(14)18)15-11(17)9-6-4-5-7-10(9)16(19)20/h4-8,19H,1-3H3,(H2,14,18)(H,15,17)/q-1/t13-/m1/s1. The summed E-state index contributed by atoms with van der Waals surface area (Å²) in [6.45, 7) is 4.99. The number of nitrogens with one attached hydrogen (secondary N) is 1. The number of anilines is 1. The lowest BCUT2D eigenvalue weighted by Crippen LogP contribution is -2.58. The molecule has 0 aliphatic carbocycles. The van der Waals surface area contributed by atoms with E-state index in [-0.39, 0.29) is 17.2 Å². The van der Waals surface area contributed by atoms with Crippen LogP contribution < -0.4 is 16.3 Å². The van der Waals surface area contributed by atoms with E-state index in [0.29, 0.717) is 0 Å². The van der Waals surface area contributed by atoms with E-state index in [0.717, 1.165) is 0 Å². The van der Waals surface area contributed by atoms with E-state index in [1.807, 2.05) is 0 Å². The zero-order valence-electron chi connectivity index (χ0n) is 11.6. The van der Waals surface area contributed by atoms with Crippen molar-refractivity contribution in [3.63, 3.8) is 0 Å². The molecular weight excluding hydrogens is 262 g/mol. The van der Waals surface area contributed by atoms with Crippen molar-refractivity contribution in [2.24, 2.45) is 11.7 Å². The van der Waals surface area contributed by atoms with Crippen LogP contribution in [-0.2, 0) is 4.79 Å².